The molecule has 1 fully saturated rings. The smallest absolute Gasteiger partial charge is 0.0834 e. The van der Waals surface area contributed by atoms with Crippen LogP contribution in [0.1, 0.15) is 31.5 Å². The van der Waals surface area contributed by atoms with Crippen LogP contribution in [0, 0.1) is 5.92 Å². The number of nitrogens with two attached hydrogens (primary N) is 1. The molecule has 5 heteroatoms. The SMILES string of the molecule is CCCn1ncc(Cl)c1C(N)C1CCOC1. The van der Waals surface area contributed by atoms with Gasteiger partial charge in [-0.05, 0) is 12.8 Å². The first kappa shape index (κ1) is 11.9. The lowest BCUT2D eigenvalue weighted by Crippen LogP contribution is -2.25. The van der Waals surface area contributed by atoms with Crippen molar-refractivity contribution in [2.75, 3.05) is 13.2 Å². The molecule has 0 amide bonds. The summed E-state index contributed by atoms with van der Waals surface area (Å²) in [5, 5.41) is 4.94. The van der Waals surface area contributed by atoms with Crippen LogP contribution in [0.25, 0.3) is 0 Å². The largest absolute Gasteiger partial charge is 0.381 e. The molecule has 0 bridgehead atoms. The standard InChI is InChI=1S/C11H18ClN3O/c1-2-4-15-11(9(12)6-14-15)10(13)8-3-5-16-7-8/h6,8,10H,2-5,7,13H2,1H3. The average molecular weight is 244 g/mol. The number of hydrogen-bond donors (Lipinski definition) is 1. The van der Waals surface area contributed by atoms with Crippen molar-refractivity contribution in [3.05, 3.63) is 16.9 Å². The summed E-state index contributed by atoms with van der Waals surface area (Å²) in [7, 11) is 0. The maximum atomic E-state index is 6.25. The van der Waals surface area contributed by atoms with E-state index in [1.165, 1.54) is 0 Å². The van der Waals surface area contributed by atoms with Gasteiger partial charge in [-0.1, -0.05) is 18.5 Å². The summed E-state index contributed by atoms with van der Waals surface area (Å²) >= 11 is 6.15. The molecule has 2 atom stereocenters. The first-order valence-corrected chi connectivity index (χ1v) is 6.16. The van der Waals surface area contributed by atoms with Gasteiger partial charge in [0.15, 0.2) is 0 Å². The lowest BCUT2D eigenvalue weighted by molar-refractivity contribution is 0.180. The van der Waals surface area contributed by atoms with Crippen molar-refractivity contribution >= 4 is 11.6 Å². The van der Waals surface area contributed by atoms with E-state index in [1.807, 2.05) is 4.68 Å². The maximum absolute atomic E-state index is 6.25. The molecule has 0 aliphatic carbocycles. The van der Waals surface area contributed by atoms with Gasteiger partial charge in [-0.2, -0.15) is 5.10 Å². The molecule has 1 aliphatic rings. The summed E-state index contributed by atoms with van der Waals surface area (Å²) in [6, 6.07) is -0.0657. The van der Waals surface area contributed by atoms with Crippen LogP contribution in [-0.4, -0.2) is 23.0 Å². The Bertz CT molecular complexity index is 347. The number of halogens is 1. The first-order valence-electron chi connectivity index (χ1n) is 5.78. The van der Waals surface area contributed by atoms with Gasteiger partial charge in [-0.15, -0.1) is 0 Å². The van der Waals surface area contributed by atoms with Gasteiger partial charge in [0.25, 0.3) is 0 Å². The number of ether oxygens (including phenoxy) is 1. The Hall–Kier alpha value is -0.580. The third-order valence-electron chi connectivity index (χ3n) is 3.06. The third-order valence-corrected chi connectivity index (χ3v) is 3.35. The maximum Gasteiger partial charge on any atom is 0.0834 e. The van der Waals surface area contributed by atoms with Crippen LogP contribution in [0.5, 0.6) is 0 Å². The van der Waals surface area contributed by atoms with Crippen molar-refractivity contribution in [3.8, 4) is 0 Å². The Morgan fingerprint density at radius 2 is 2.56 bits per heavy atom. The second-order valence-corrected chi connectivity index (χ2v) is 4.66. The summed E-state index contributed by atoms with van der Waals surface area (Å²) in [5.74, 6) is 0.366. The van der Waals surface area contributed by atoms with Crippen LogP contribution >= 0.6 is 11.6 Å². The summed E-state index contributed by atoms with van der Waals surface area (Å²) in [6.07, 6.45) is 3.72. The highest BCUT2D eigenvalue weighted by atomic mass is 35.5. The van der Waals surface area contributed by atoms with Crippen molar-refractivity contribution in [2.24, 2.45) is 11.7 Å². The van der Waals surface area contributed by atoms with E-state index in [0.29, 0.717) is 10.9 Å². The summed E-state index contributed by atoms with van der Waals surface area (Å²) < 4.78 is 7.29. The predicted octanol–water partition coefficient (Wildman–Crippen LogP) is 1.98. The molecule has 2 unspecified atom stereocenters. The fourth-order valence-corrected chi connectivity index (χ4v) is 2.42. The van der Waals surface area contributed by atoms with E-state index < -0.39 is 0 Å². The topological polar surface area (TPSA) is 53.1 Å². The summed E-state index contributed by atoms with van der Waals surface area (Å²) in [4.78, 5) is 0. The first-order chi connectivity index (χ1) is 7.74. The predicted molar refractivity (Wildman–Crippen MR) is 63.4 cm³/mol. The van der Waals surface area contributed by atoms with Crippen molar-refractivity contribution in [1.82, 2.24) is 9.78 Å². The fourth-order valence-electron chi connectivity index (χ4n) is 2.15. The molecule has 1 aromatic rings. The molecule has 2 rings (SSSR count). The van der Waals surface area contributed by atoms with E-state index in [2.05, 4.69) is 12.0 Å². The Balaban J connectivity index is 2.19. The minimum Gasteiger partial charge on any atom is -0.381 e. The molecule has 16 heavy (non-hydrogen) atoms. The third kappa shape index (κ3) is 2.24. The van der Waals surface area contributed by atoms with Gasteiger partial charge in [0.2, 0.25) is 0 Å². The molecular weight excluding hydrogens is 226 g/mol. The van der Waals surface area contributed by atoms with Gasteiger partial charge in [-0.3, -0.25) is 4.68 Å². The molecule has 0 radical (unpaired) electrons. The molecule has 2 N–H and O–H groups in total. The Kier molecular flexibility index (Phi) is 3.84. The van der Waals surface area contributed by atoms with Crippen LogP contribution in [0.3, 0.4) is 0 Å². The molecule has 1 aliphatic heterocycles. The molecule has 2 heterocycles. The fraction of sp³-hybridized carbons (Fsp3) is 0.727. The highest BCUT2D eigenvalue weighted by Crippen LogP contribution is 2.31. The van der Waals surface area contributed by atoms with Gasteiger partial charge >= 0.3 is 0 Å². The van der Waals surface area contributed by atoms with Gasteiger partial charge in [-0.25, -0.2) is 0 Å². The minimum atomic E-state index is -0.0657. The zero-order chi connectivity index (χ0) is 11.5. The van der Waals surface area contributed by atoms with Crippen molar-refractivity contribution < 1.29 is 4.74 Å². The number of aromatic nitrogens is 2. The lowest BCUT2D eigenvalue weighted by Gasteiger charge is -2.19. The van der Waals surface area contributed by atoms with Crippen LogP contribution < -0.4 is 5.73 Å². The van der Waals surface area contributed by atoms with E-state index >= 15 is 0 Å². The number of rotatable bonds is 4. The zero-order valence-electron chi connectivity index (χ0n) is 9.53. The van der Waals surface area contributed by atoms with Crippen molar-refractivity contribution in [1.29, 1.82) is 0 Å². The zero-order valence-corrected chi connectivity index (χ0v) is 10.3. The van der Waals surface area contributed by atoms with E-state index in [-0.39, 0.29) is 6.04 Å². The van der Waals surface area contributed by atoms with E-state index in [4.69, 9.17) is 22.1 Å². The van der Waals surface area contributed by atoms with Crippen LogP contribution in [0.4, 0.5) is 0 Å². The second kappa shape index (κ2) is 5.17. The number of hydrogen-bond acceptors (Lipinski definition) is 3. The molecule has 0 spiro atoms. The monoisotopic (exact) mass is 243 g/mol. The highest BCUT2D eigenvalue weighted by molar-refractivity contribution is 6.31. The summed E-state index contributed by atoms with van der Waals surface area (Å²) in [5.41, 5.74) is 7.21. The van der Waals surface area contributed by atoms with Crippen LogP contribution in [-0.2, 0) is 11.3 Å². The van der Waals surface area contributed by atoms with Crippen molar-refractivity contribution in [3.63, 3.8) is 0 Å². The molecule has 1 aromatic heterocycles. The van der Waals surface area contributed by atoms with Gasteiger partial charge < -0.3 is 10.5 Å². The minimum absolute atomic E-state index is 0.0657. The average Bonchev–Trinajstić information content (AvgIpc) is 2.88. The lowest BCUT2D eigenvalue weighted by atomic mass is 9.97. The van der Waals surface area contributed by atoms with Gasteiger partial charge in [0.05, 0.1) is 29.6 Å². The van der Waals surface area contributed by atoms with Crippen molar-refractivity contribution in [2.45, 2.75) is 32.4 Å². The molecule has 90 valence electrons. The van der Waals surface area contributed by atoms with E-state index in [1.54, 1.807) is 6.20 Å². The number of aryl methyl sites for hydroxylation is 1. The molecular formula is C11H18ClN3O. The Morgan fingerprint density at radius 1 is 1.75 bits per heavy atom. The van der Waals surface area contributed by atoms with E-state index in [0.717, 1.165) is 38.3 Å². The molecule has 0 aromatic carbocycles. The normalized spacial score (nSPS) is 22.6. The highest BCUT2D eigenvalue weighted by Gasteiger charge is 2.28. The van der Waals surface area contributed by atoms with Crippen LogP contribution in [0.2, 0.25) is 5.02 Å². The van der Waals surface area contributed by atoms with E-state index in [9.17, 15) is 0 Å². The second-order valence-electron chi connectivity index (χ2n) is 4.25. The number of nitrogens with zero attached hydrogens (tertiary/aromatic N) is 2. The van der Waals surface area contributed by atoms with Gasteiger partial charge in [0.1, 0.15) is 0 Å². The molecule has 0 saturated carbocycles. The summed E-state index contributed by atoms with van der Waals surface area (Å²) in [6.45, 7) is 4.51. The molecule has 4 nitrogen and oxygen atoms in total. The van der Waals surface area contributed by atoms with Gasteiger partial charge in [0, 0.05) is 19.1 Å². The van der Waals surface area contributed by atoms with Crippen LogP contribution in [0.15, 0.2) is 6.20 Å². The Labute approximate surface area is 101 Å². The quantitative estimate of drug-likeness (QED) is 0.880. The Morgan fingerprint density at radius 3 is 3.19 bits per heavy atom. The molecule has 1 saturated heterocycles.